The molecular formula is C11H8N3. The predicted octanol–water partition coefficient (Wildman–Crippen LogP) is 2.10. The Kier molecular flexibility index (Phi) is 1.31. The second kappa shape index (κ2) is 2.48. The third-order valence-electron chi connectivity index (χ3n) is 2.42. The first-order valence-electron chi connectivity index (χ1n) is 4.39. The summed E-state index contributed by atoms with van der Waals surface area (Å²) in [6.45, 7) is 0. The molecule has 67 valence electrons. The number of nitrogen functional groups attached to an aromatic ring is 1. The average Bonchev–Trinajstić information content (AvgIpc) is 2.66. The summed E-state index contributed by atoms with van der Waals surface area (Å²) in [5.41, 5.74) is 7.62. The second-order valence-corrected chi connectivity index (χ2v) is 3.27. The van der Waals surface area contributed by atoms with Crippen molar-refractivity contribution < 1.29 is 0 Å². The minimum absolute atomic E-state index is 0.769. The van der Waals surface area contributed by atoms with Crippen LogP contribution < -0.4 is 5.73 Å². The molecule has 3 nitrogen and oxygen atoms in total. The van der Waals surface area contributed by atoms with Crippen molar-refractivity contribution in [1.29, 1.82) is 0 Å². The van der Waals surface area contributed by atoms with Gasteiger partial charge in [0.25, 0.3) is 0 Å². The van der Waals surface area contributed by atoms with Crippen LogP contribution in [-0.4, -0.2) is 10.2 Å². The van der Waals surface area contributed by atoms with Gasteiger partial charge in [0.05, 0.1) is 5.52 Å². The summed E-state index contributed by atoms with van der Waals surface area (Å²) in [4.78, 5) is 0. The molecule has 0 amide bonds. The Balaban J connectivity index is 2.67. The van der Waals surface area contributed by atoms with Gasteiger partial charge in [-0.2, -0.15) is 5.10 Å². The highest BCUT2D eigenvalue weighted by Gasteiger charge is 2.04. The van der Waals surface area contributed by atoms with E-state index in [2.05, 4.69) is 16.4 Å². The van der Waals surface area contributed by atoms with E-state index in [0.717, 1.165) is 27.4 Å². The van der Waals surface area contributed by atoms with Crippen LogP contribution in [0.2, 0.25) is 0 Å². The molecule has 0 atom stereocenters. The Hall–Kier alpha value is -2.03. The number of nitrogens with zero attached hydrogens (tertiary/aromatic N) is 1. The van der Waals surface area contributed by atoms with Gasteiger partial charge in [-0.1, -0.05) is 24.3 Å². The van der Waals surface area contributed by atoms with Crippen molar-refractivity contribution in [2.45, 2.75) is 0 Å². The van der Waals surface area contributed by atoms with Crippen molar-refractivity contribution >= 4 is 27.4 Å². The normalized spacial score (nSPS) is 11.1. The van der Waals surface area contributed by atoms with E-state index in [1.165, 1.54) is 0 Å². The van der Waals surface area contributed by atoms with Gasteiger partial charge >= 0.3 is 0 Å². The largest absolute Gasteiger partial charge is 0.398 e. The molecule has 0 saturated heterocycles. The molecule has 2 aromatic carbocycles. The number of benzene rings is 2. The van der Waals surface area contributed by atoms with Gasteiger partial charge in [-0.05, 0) is 11.5 Å². The summed E-state index contributed by atoms with van der Waals surface area (Å²) in [7, 11) is 0. The molecule has 1 radical (unpaired) electrons. The number of aromatic nitrogens is 2. The average molecular weight is 182 g/mol. The van der Waals surface area contributed by atoms with E-state index < -0.39 is 0 Å². The topological polar surface area (TPSA) is 54.7 Å². The fourth-order valence-corrected chi connectivity index (χ4v) is 1.76. The molecule has 0 bridgehead atoms. The maximum absolute atomic E-state index is 5.92. The molecule has 0 aliphatic heterocycles. The zero-order valence-electron chi connectivity index (χ0n) is 7.41. The van der Waals surface area contributed by atoms with Crippen LogP contribution in [0.15, 0.2) is 30.3 Å². The first-order valence-corrected chi connectivity index (χ1v) is 4.39. The second-order valence-electron chi connectivity index (χ2n) is 3.27. The van der Waals surface area contributed by atoms with Crippen LogP contribution in [0.5, 0.6) is 0 Å². The van der Waals surface area contributed by atoms with Gasteiger partial charge < -0.3 is 5.73 Å². The summed E-state index contributed by atoms with van der Waals surface area (Å²) < 4.78 is 0. The lowest BCUT2D eigenvalue weighted by molar-refractivity contribution is 1.11. The van der Waals surface area contributed by atoms with Crippen molar-refractivity contribution in [3.05, 3.63) is 36.5 Å². The molecule has 3 aromatic rings. The van der Waals surface area contributed by atoms with Gasteiger partial charge in [0.1, 0.15) is 6.20 Å². The lowest BCUT2D eigenvalue weighted by Crippen LogP contribution is -1.87. The third-order valence-corrected chi connectivity index (χ3v) is 2.42. The smallest absolute Gasteiger partial charge is 0.121 e. The SMILES string of the molecule is Nc1cc2[nH]n[c]c2c2ccccc12. The highest BCUT2D eigenvalue weighted by Crippen LogP contribution is 2.28. The minimum atomic E-state index is 0.769. The molecule has 1 heterocycles. The van der Waals surface area contributed by atoms with Crippen LogP contribution in [-0.2, 0) is 0 Å². The van der Waals surface area contributed by atoms with Gasteiger partial charge in [0.15, 0.2) is 0 Å². The number of aromatic amines is 1. The Morgan fingerprint density at radius 2 is 2.00 bits per heavy atom. The van der Waals surface area contributed by atoms with Crippen LogP contribution in [0, 0.1) is 6.20 Å². The van der Waals surface area contributed by atoms with Gasteiger partial charge in [-0.3, -0.25) is 5.10 Å². The van der Waals surface area contributed by atoms with Crippen molar-refractivity contribution in [3.8, 4) is 0 Å². The first-order chi connectivity index (χ1) is 6.86. The van der Waals surface area contributed by atoms with Crippen molar-refractivity contribution in [1.82, 2.24) is 10.2 Å². The fourth-order valence-electron chi connectivity index (χ4n) is 1.76. The van der Waals surface area contributed by atoms with Gasteiger partial charge in [-0.25, -0.2) is 0 Å². The summed E-state index contributed by atoms with van der Waals surface area (Å²) >= 11 is 0. The number of nitrogens with two attached hydrogens (primary N) is 1. The summed E-state index contributed by atoms with van der Waals surface area (Å²) in [6, 6.07) is 9.89. The molecule has 0 aliphatic rings. The maximum atomic E-state index is 5.92. The number of nitrogens with one attached hydrogen (secondary N) is 1. The number of fused-ring (bicyclic) bond motifs is 3. The molecule has 14 heavy (non-hydrogen) atoms. The highest BCUT2D eigenvalue weighted by atomic mass is 15.1. The van der Waals surface area contributed by atoms with E-state index >= 15 is 0 Å². The van der Waals surface area contributed by atoms with Crippen LogP contribution in [0.1, 0.15) is 0 Å². The van der Waals surface area contributed by atoms with Crippen molar-refractivity contribution in [2.24, 2.45) is 0 Å². The lowest BCUT2D eigenvalue weighted by Gasteiger charge is -2.02. The Morgan fingerprint density at radius 1 is 1.21 bits per heavy atom. The minimum Gasteiger partial charge on any atom is -0.398 e. The molecule has 3 N–H and O–H groups in total. The lowest BCUT2D eigenvalue weighted by atomic mass is 10.1. The quantitative estimate of drug-likeness (QED) is 0.523. The van der Waals surface area contributed by atoms with Crippen LogP contribution in [0.25, 0.3) is 21.7 Å². The van der Waals surface area contributed by atoms with E-state index in [0.29, 0.717) is 0 Å². The molecule has 0 unspecified atom stereocenters. The molecule has 0 fully saturated rings. The van der Waals surface area contributed by atoms with Gasteiger partial charge in [0, 0.05) is 16.5 Å². The standard InChI is InChI=1S/C11H8N3/c12-10-5-11-9(6-13-14-11)7-3-1-2-4-8(7)10/h1-5H,12H2,(H,13,14). The zero-order chi connectivity index (χ0) is 9.54. The summed E-state index contributed by atoms with van der Waals surface area (Å²) in [5, 5.41) is 9.90. The van der Waals surface area contributed by atoms with E-state index in [4.69, 9.17) is 5.73 Å². The van der Waals surface area contributed by atoms with Crippen LogP contribution in [0.3, 0.4) is 0 Å². The molecule has 1 aromatic heterocycles. The number of H-pyrrole nitrogens is 1. The molecule has 0 spiro atoms. The third kappa shape index (κ3) is 0.836. The van der Waals surface area contributed by atoms with Crippen molar-refractivity contribution in [2.75, 3.05) is 5.73 Å². The Morgan fingerprint density at radius 3 is 2.86 bits per heavy atom. The Bertz CT molecular complexity index is 610. The molecule has 0 saturated carbocycles. The van der Waals surface area contributed by atoms with Gasteiger partial charge in [0.2, 0.25) is 0 Å². The number of anilines is 1. The molecular weight excluding hydrogens is 174 g/mol. The Labute approximate surface area is 80.5 Å². The number of hydrogen-bond donors (Lipinski definition) is 2. The van der Waals surface area contributed by atoms with Crippen LogP contribution >= 0.6 is 0 Å². The van der Waals surface area contributed by atoms with E-state index in [-0.39, 0.29) is 0 Å². The predicted molar refractivity (Wildman–Crippen MR) is 56.8 cm³/mol. The monoisotopic (exact) mass is 182 g/mol. The van der Waals surface area contributed by atoms with E-state index in [1.807, 2.05) is 30.3 Å². The van der Waals surface area contributed by atoms with Gasteiger partial charge in [-0.15, -0.1) is 0 Å². The number of rotatable bonds is 0. The maximum Gasteiger partial charge on any atom is 0.121 e. The van der Waals surface area contributed by atoms with E-state index in [9.17, 15) is 0 Å². The number of hydrogen-bond acceptors (Lipinski definition) is 2. The van der Waals surface area contributed by atoms with Crippen LogP contribution in [0.4, 0.5) is 5.69 Å². The first kappa shape index (κ1) is 7.38. The zero-order valence-corrected chi connectivity index (χ0v) is 7.41. The molecule has 3 heteroatoms. The molecule has 0 aliphatic carbocycles. The van der Waals surface area contributed by atoms with E-state index in [1.54, 1.807) is 0 Å². The van der Waals surface area contributed by atoms with Crippen molar-refractivity contribution in [3.63, 3.8) is 0 Å². The fraction of sp³-hybridized carbons (Fsp3) is 0. The summed E-state index contributed by atoms with van der Waals surface area (Å²) in [6.07, 6.45) is 2.93. The molecule has 3 rings (SSSR count). The summed E-state index contributed by atoms with van der Waals surface area (Å²) in [5.74, 6) is 0. The highest BCUT2D eigenvalue weighted by molar-refractivity contribution is 6.10.